The van der Waals surface area contributed by atoms with Gasteiger partial charge in [0, 0.05) is 19.0 Å². The van der Waals surface area contributed by atoms with Crippen LogP contribution in [0.2, 0.25) is 0 Å². The third-order valence-corrected chi connectivity index (χ3v) is 7.55. The monoisotopic (exact) mass is 563 g/mol. The molecule has 2 atom stereocenters. The minimum atomic E-state index is -0.900. The number of nitrogens with one attached hydrogen (secondary N) is 2. The van der Waals surface area contributed by atoms with Crippen LogP contribution in [0.4, 0.5) is 4.79 Å². The SMILES string of the molecule is CCCCCN(C(=O)C(Cc1ccccc1)NC(=O)OC(C)(C)C)C(C(=O)NC1CCCCC1)c1ccccc1C. The van der Waals surface area contributed by atoms with E-state index >= 15 is 0 Å². The molecule has 41 heavy (non-hydrogen) atoms. The second-order valence-corrected chi connectivity index (χ2v) is 12.2. The first-order chi connectivity index (χ1) is 19.6. The number of carbonyl (C=O) groups excluding carboxylic acids is 3. The number of hydrogen-bond acceptors (Lipinski definition) is 4. The van der Waals surface area contributed by atoms with Gasteiger partial charge >= 0.3 is 6.09 Å². The normalized spacial score (nSPS) is 15.4. The Morgan fingerprint density at radius 2 is 1.61 bits per heavy atom. The van der Waals surface area contributed by atoms with Crippen LogP contribution in [0.5, 0.6) is 0 Å². The summed E-state index contributed by atoms with van der Waals surface area (Å²) in [5.74, 6) is -0.449. The Balaban J connectivity index is 2.01. The fraction of sp³-hybridized carbons (Fsp3) is 0.559. The van der Waals surface area contributed by atoms with E-state index < -0.39 is 23.8 Å². The second-order valence-electron chi connectivity index (χ2n) is 12.2. The number of unbranched alkanes of at least 4 members (excludes halogenated alkanes) is 2. The number of rotatable bonds is 12. The maximum absolute atomic E-state index is 14.5. The van der Waals surface area contributed by atoms with Crippen LogP contribution in [0.3, 0.4) is 0 Å². The van der Waals surface area contributed by atoms with E-state index in [1.165, 1.54) is 6.42 Å². The highest BCUT2D eigenvalue weighted by Crippen LogP contribution is 2.28. The van der Waals surface area contributed by atoms with Crippen LogP contribution in [0.25, 0.3) is 0 Å². The molecule has 7 heteroatoms. The zero-order chi connectivity index (χ0) is 29.8. The Hall–Kier alpha value is -3.35. The summed E-state index contributed by atoms with van der Waals surface area (Å²) in [7, 11) is 0. The summed E-state index contributed by atoms with van der Waals surface area (Å²) in [5, 5.41) is 6.14. The molecule has 0 bridgehead atoms. The Morgan fingerprint density at radius 3 is 2.24 bits per heavy atom. The Kier molecular flexibility index (Phi) is 12.2. The van der Waals surface area contributed by atoms with E-state index in [0.717, 1.165) is 61.6 Å². The Morgan fingerprint density at radius 1 is 0.951 bits per heavy atom. The van der Waals surface area contributed by atoms with Crippen molar-refractivity contribution in [2.24, 2.45) is 0 Å². The second kappa shape index (κ2) is 15.6. The molecule has 1 fully saturated rings. The van der Waals surface area contributed by atoms with Gasteiger partial charge in [0.15, 0.2) is 0 Å². The summed E-state index contributed by atoms with van der Waals surface area (Å²) in [6.45, 7) is 9.88. The lowest BCUT2D eigenvalue weighted by Crippen LogP contribution is -2.54. The molecule has 3 rings (SSSR count). The number of nitrogens with zero attached hydrogens (tertiary/aromatic N) is 1. The van der Waals surface area contributed by atoms with Crippen molar-refractivity contribution in [3.63, 3.8) is 0 Å². The van der Waals surface area contributed by atoms with Gasteiger partial charge in [0.05, 0.1) is 0 Å². The molecule has 3 amide bonds. The molecule has 0 aliphatic heterocycles. The maximum Gasteiger partial charge on any atom is 0.408 e. The quantitative estimate of drug-likeness (QED) is 0.284. The fourth-order valence-corrected chi connectivity index (χ4v) is 5.47. The van der Waals surface area contributed by atoms with Crippen LogP contribution in [0, 0.1) is 6.92 Å². The molecule has 2 N–H and O–H groups in total. The third kappa shape index (κ3) is 10.2. The molecule has 0 saturated heterocycles. The standard InChI is InChI=1S/C34H49N3O4/c1-6-7-16-23-37(30(28-22-15-14-17-25(28)2)31(38)35-27-20-12-9-13-21-27)32(39)29(24-26-18-10-8-11-19-26)36-33(40)41-34(3,4)5/h8,10-11,14-15,17-19,22,27,29-30H,6-7,9,12-13,16,20-21,23-24H2,1-5H3,(H,35,38)(H,36,40). The predicted octanol–water partition coefficient (Wildman–Crippen LogP) is 6.64. The molecular formula is C34H49N3O4. The van der Waals surface area contributed by atoms with Crippen molar-refractivity contribution in [1.29, 1.82) is 0 Å². The summed E-state index contributed by atoms with van der Waals surface area (Å²) >= 11 is 0. The summed E-state index contributed by atoms with van der Waals surface area (Å²) in [5.41, 5.74) is 1.95. The average molecular weight is 564 g/mol. The fourth-order valence-electron chi connectivity index (χ4n) is 5.47. The van der Waals surface area contributed by atoms with Crippen LogP contribution >= 0.6 is 0 Å². The van der Waals surface area contributed by atoms with Crippen molar-refractivity contribution in [3.8, 4) is 0 Å². The number of benzene rings is 2. The highest BCUT2D eigenvalue weighted by molar-refractivity contribution is 5.92. The van der Waals surface area contributed by atoms with Crippen LogP contribution in [0.15, 0.2) is 54.6 Å². The molecule has 7 nitrogen and oxygen atoms in total. The lowest BCUT2D eigenvalue weighted by Gasteiger charge is -2.36. The van der Waals surface area contributed by atoms with E-state index in [0.29, 0.717) is 6.54 Å². The van der Waals surface area contributed by atoms with Crippen molar-refractivity contribution < 1.29 is 19.1 Å². The number of ether oxygens (including phenoxy) is 1. The smallest absolute Gasteiger partial charge is 0.408 e. The molecule has 224 valence electrons. The number of hydrogen-bond donors (Lipinski definition) is 2. The largest absolute Gasteiger partial charge is 0.444 e. The van der Waals surface area contributed by atoms with Crippen molar-refractivity contribution in [3.05, 3.63) is 71.3 Å². The molecule has 0 radical (unpaired) electrons. The van der Waals surface area contributed by atoms with Gasteiger partial charge in [-0.25, -0.2) is 4.79 Å². The minimum absolute atomic E-state index is 0.107. The number of carbonyl (C=O) groups is 3. The average Bonchev–Trinajstić information content (AvgIpc) is 2.93. The first kappa shape index (κ1) is 32.2. The van der Waals surface area contributed by atoms with Gasteiger partial charge in [-0.05, 0) is 63.6 Å². The molecule has 0 aromatic heterocycles. The molecule has 1 saturated carbocycles. The van der Waals surface area contributed by atoms with Gasteiger partial charge in [0.25, 0.3) is 0 Å². The van der Waals surface area contributed by atoms with E-state index in [9.17, 15) is 14.4 Å². The molecular weight excluding hydrogens is 514 g/mol. The maximum atomic E-state index is 14.5. The first-order valence-corrected chi connectivity index (χ1v) is 15.3. The molecule has 1 aliphatic carbocycles. The molecule has 1 aliphatic rings. The van der Waals surface area contributed by atoms with Crippen LogP contribution in [-0.2, 0) is 20.7 Å². The third-order valence-electron chi connectivity index (χ3n) is 7.55. The van der Waals surface area contributed by atoms with Gasteiger partial charge in [0.1, 0.15) is 17.7 Å². The van der Waals surface area contributed by atoms with E-state index in [2.05, 4.69) is 17.6 Å². The Bertz CT molecular complexity index is 1120. The number of alkyl carbamates (subject to hydrolysis) is 1. The molecule has 2 aromatic rings. The summed E-state index contributed by atoms with van der Waals surface area (Å²) < 4.78 is 5.55. The highest BCUT2D eigenvalue weighted by Gasteiger charge is 2.37. The van der Waals surface area contributed by atoms with Crippen LogP contribution < -0.4 is 10.6 Å². The van der Waals surface area contributed by atoms with Crippen LogP contribution in [0.1, 0.15) is 102 Å². The lowest BCUT2D eigenvalue weighted by atomic mass is 9.93. The predicted molar refractivity (Wildman–Crippen MR) is 163 cm³/mol. The van der Waals surface area contributed by atoms with Gasteiger partial charge in [-0.15, -0.1) is 0 Å². The highest BCUT2D eigenvalue weighted by atomic mass is 16.6. The number of amides is 3. The zero-order valence-corrected chi connectivity index (χ0v) is 25.6. The van der Waals surface area contributed by atoms with E-state index in [1.54, 1.807) is 25.7 Å². The van der Waals surface area contributed by atoms with Crippen molar-refractivity contribution in [2.75, 3.05) is 6.54 Å². The van der Waals surface area contributed by atoms with Crippen molar-refractivity contribution in [2.45, 2.75) is 116 Å². The number of aryl methyl sites for hydroxylation is 1. The molecule has 0 heterocycles. The summed E-state index contributed by atoms with van der Waals surface area (Å²) in [4.78, 5) is 43.3. The topological polar surface area (TPSA) is 87.7 Å². The van der Waals surface area contributed by atoms with E-state index in [4.69, 9.17) is 4.74 Å². The summed E-state index contributed by atoms with van der Waals surface area (Å²) in [6, 6.07) is 15.8. The van der Waals surface area contributed by atoms with Crippen molar-refractivity contribution >= 4 is 17.9 Å². The van der Waals surface area contributed by atoms with Gasteiger partial charge in [0.2, 0.25) is 11.8 Å². The minimum Gasteiger partial charge on any atom is -0.444 e. The van der Waals surface area contributed by atoms with E-state index in [1.807, 2.05) is 61.5 Å². The van der Waals surface area contributed by atoms with Gasteiger partial charge in [-0.2, -0.15) is 0 Å². The zero-order valence-electron chi connectivity index (χ0n) is 25.6. The van der Waals surface area contributed by atoms with Crippen molar-refractivity contribution in [1.82, 2.24) is 15.5 Å². The van der Waals surface area contributed by atoms with E-state index in [-0.39, 0.29) is 24.3 Å². The van der Waals surface area contributed by atoms with Gasteiger partial charge < -0.3 is 20.3 Å². The molecule has 2 aromatic carbocycles. The van der Waals surface area contributed by atoms with Gasteiger partial charge in [-0.3, -0.25) is 9.59 Å². The van der Waals surface area contributed by atoms with Crippen LogP contribution in [-0.4, -0.2) is 47.0 Å². The summed E-state index contributed by atoms with van der Waals surface area (Å²) in [6.07, 6.45) is 7.58. The molecule has 2 unspecified atom stereocenters. The molecule has 0 spiro atoms. The Labute approximate surface area is 246 Å². The lowest BCUT2D eigenvalue weighted by molar-refractivity contribution is -0.143. The first-order valence-electron chi connectivity index (χ1n) is 15.3. The van der Waals surface area contributed by atoms with Gasteiger partial charge in [-0.1, -0.05) is 93.6 Å².